The number of nitrogens with one attached hydrogen (secondary N) is 1. The van der Waals surface area contributed by atoms with Crippen LogP contribution in [-0.4, -0.2) is 23.3 Å². The van der Waals surface area contributed by atoms with E-state index in [9.17, 15) is 17.7 Å². The van der Waals surface area contributed by atoms with Crippen molar-refractivity contribution in [2.45, 2.75) is 6.18 Å². The van der Waals surface area contributed by atoms with Gasteiger partial charge in [-0.3, -0.25) is 0 Å². The summed E-state index contributed by atoms with van der Waals surface area (Å²) in [4.78, 5) is 7.85. The number of aromatic nitrogens is 2. The highest BCUT2D eigenvalue weighted by Crippen LogP contribution is 2.37. The molecule has 0 aliphatic heterocycles. The van der Waals surface area contributed by atoms with Crippen LogP contribution in [0.15, 0.2) is 47.3 Å². The zero-order chi connectivity index (χ0) is 18.9. The minimum absolute atomic E-state index is 0.0585. The normalized spacial score (nSPS) is 12.2. The second-order valence-electron chi connectivity index (χ2n) is 5.99. The van der Waals surface area contributed by atoms with Gasteiger partial charge in [0.1, 0.15) is 12.7 Å². The molecule has 0 atom stereocenters. The molecular weight excluding hydrogens is 382 g/mol. The maximum Gasteiger partial charge on any atom is 0.419 e. The summed E-state index contributed by atoms with van der Waals surface area (Å²) >= 11 is 1.29. The van der Waals surface area contributed by atoms with E-state index < -0.39 is 18.9 Å². The average molecular weight is 397 g/mol. The summed E-state index contributed by atoms with van der Waals surface area (Å²) in [5.41, 5.74) is -0.0616. The van der Waals surface area contributed by atoms with Crippen LogP contribution in [0.4, 0.5) is 24.8 Å². The maximum atomic E-state index is 13.2. The third-order valence-corrected chi connectivity index (χ3v) is 5.86. The Morgan fingerprint density at radius 3 is 2.35 bits per heavy atom. The van der Waals surface area contributed by atoms with E-state index in [-0.39, 0.29) is 11.6 Å². The Morgan fingerprint density at radius 1 is 1.12 bits per heavy atom. The molecule has 0 radical (unpaired) electrons. The van der Waals surface area contributed by atoms with E-state index in [1.54, 1.807) is 54.4 Å². The Morgan fingerprint density at radius 2 is 1.81 bits per heavy atom. The Labute approximate surface area is 152 Å². The molecule has 0 saturated heterocycles. The number of nitrogens with zero attached hydrogens (tertiary/aromatic N) is 2. The highest BCUT2D eigenvalue weighted by Gasteiger charge is 2.35. The molecule has 0 amide bonds. The Hall–Kier alpha value is -2.18. The second kappa shape index (κ2) is 6.85. The van der Waals surface area contributed by atoms with Gasteiger partial charge < -0.3 is 9.88 Å². The van der Waals surface area contributed by atoms with E-state index in [0.717, 1.165) is 11.5 Å². The second-order valence-corrected chi connectivity index (χ2v) is 9.99. The molecule has 4 nitrogen and oxygen atoms in total. The van der Waals surface area contributed by atoms with Gasteiger partial charge in [0, 0.05) is 28.1 Å². The highest BCUT2D eigenvalue weighted by molar-refractivity contribution is 7.70. The molecule has 0 spiro atoms. The van der Waals surface area contributed by atoms with E-state index in [4.69, 9.17) is 0 Å². The molecule has 2 aromatic heterocycles. The van der Waals surface area contributed by atoms with E-state index in [2.05, 4.69) is 15.3 Å². The number of halogens is 3. The van der Waals surface area contributed by atoms with Gasteiger partial charge in [-0.2, -0.15) is 24.5 Å². The van der Waals surface area contributed by atoms with Crippen molar-refractivity contribution in [3.8, 4) is 11.3 Å². The number of alkyl halides is 3. The number of rotatable bonds is 4. The van der Waals surface area contributed by atoms with Gasteiger partial charge in [-0.05, 0) is 49.0 Å². The molecule has 0 unspecified atom stereocenters. The summed E-state index contributed by atoms with van der Waals surface area (Å²) < 4.78 is 51.7. The monoisotopic (exact) mass is 397 g/mol. The van der Waals surface area contributed by atoms with Crippen LogP contribution in [0.2, 0.25) is 0 Å². The summed E-state index contributed by atoms with van der Waals surface area (Å²) in [5.74, 6) is 0.0585. The van der Waals surface area contributed by atoms with Crippen LogP contribution in [0.3, 0.4) is 0 Å². The van der Waals surface area contributed by atoms with Crippen LogP contribution in [0.25, 0.3) is 11.3 Å². The first-order valence-corrected chi connectivity index (χ1v) is 11.1. The standard InChI is InChI=1S/C17H15F3N3OPS/c1-25(2,24)13-5-3-12(4-6-13)22-16-21-9-14(17(18,19)20)15(23-16)11-7-8-26-10-11/h3-10H,1-2H3,(H,21,22,23). The summed E-state index contributed by atoms with van der Waals surface area (Å²) in [7, 11) is -2.37. The topological polar surface area (TPSA) is 54.9 Å². The van der Waals surface area contributed by atoms with Gasteiger partial charge in [0.05, 0.1) is 5.69 Å². The van der Waals surface area contributed by atoms with Crippen LogP contribution in [-0.2, 0) is 10.7 Å². The number of thiophene rings is 1. The van der Waals surface area contributed by atoms with Gasteiger partial charge in [-0.25, -0.2) is 9.97 Å². The van der Waals surface area contributed by atoms with Crippen molar-refractivity contribution >= 4 is 35.4 Å². The van der Waals surface area contributed by atoms with E-state index >= 15 is 0 Å². The number of hydrogen-bond acceptors (Lipinski definition) is 5. The molecule has 0 aliphatic carbocycles. The summed E-state index contributed by atoms with van der Waals surface area (Å²) in [6.45, 7) is 3.34. The van der Waals surface area contributed by atoms with Crippen molar-refractivity contribution in [1.29, 1.82) is 0 Å². The predicted octanol–water partition coefficient (Wildman–Crippen LogP) is 5.22. The molecule has 1 aromatic carbocycles. The minimum atomic E-state index is -4.54. The molecule has 1 N–H and O–H groups in total. The van der Waals surface area contributed by atoms with Gasteiger partial charge in [0.25, 0.3) is 0 Å². The number of hydrogen-bond donors (Lipinski definition) is 1. The third-order valence-electron chi connectivity index (χ3n) is 3.63. The Balaban J connectivity index is 1.94. The summed E-state index contributed by atoms with van der Waals surface area (Å²) in [6, 6.07) is 8.40. The lowest BCUT2D eigenvalue weighted by Gasteiger charge is -2.13. The lowest BCUT2D eigenvalue weighted by Crippen LogP contribution is -2.11. The van der Waals surface area contributed by atoms with Crippen LogP contribution in [0, 0.1) is 0 Å². The average Bonchev–Trinajstić information content (AvgIpc) is 3.08. The SMILES string of the molecule is CP(C)(=O)c1ccc(Nc2ncc(C(F)(F)F)c(-c3ccsc3)n2)cc1. The molecule has 3 aromatic rings. The van der Waals surface area contributed by atoms with Gasteiger partial charge in [0.2, 0.25) is 5.95 Å². The van der Waals surface area contributed by atoms with Crippen LogP contribution in [0.1, 0.15) is 5.56 Å². The fourth-order valence-corrected chi connectivity index (χ4v) is 3.81. The van der Waals surface area contributed by atoms with E-state index in [1.807, 2.05) is 0 Å². The largest absolute Gasteiger partial charge is 0.419 e. The molecule has 136 valence electrons. The van der Waals surface area contributed by atoms with E-state index in [0.29, 0.717) is 11.3 Å². The highest BCUT2D eigenvalue weighted by atomic mass is 32.1. The van der Waals surface area contributed by atoms with Crippen molar-refractivity contribution in [3.05, 3.63) is 52.9 Å². The van der Waals surface area contributed by atoms with Crippen molar-refractivity contribution in [2.75, 3.05) is 18.6 Å². The van der Waals surface area contributed by atoms with Crippen LogP contribution < -0.4 is 10.6 Å². The first kappa shape index (κ1) is 18.6. The maximum absolute atomic E-state index is 13.2. The molecule has 0 bridgehead atoms. The van der Waals surface area contributed by atoms with Crippen LogP contribution in [0.5, 0.6) is 0 Å². The van der Waals surface area contributed by atoms with Gasteiger partial charge >= 0.3 is 6.18 Å². The number of anilines is 2. The lowest BCUT2D eigenvalue weighted by atomic mass is 10.1. The molecule has 0 fully saturated rings. The first-order valence-electron chi connectivity index (χ1n) is 7.54. The fraction of sp³-hybridized carbons (Fsp3) is 0.176. The summed E-state index contributed by atoms with van der Waals surface area (Å²) in [6.07, 6.45) is -3.76. The number of benzene rings is 1. The van der Waals surface area contributed by atoms with Gasteiger partial charge in [-0.15, -0.1) is 0 Å². The third kappa shape index (κ3) is 4.14. The molecular formula is C17H15F3N3OPS. The summed E-state index contributed by atoms with van der Waals surface area (Å²) in [5, 5.41) is 6.90. The zero-order valence-electron chi connectivity index (χ0n) is 13.9. The van der Waals surface area contributed by atoms with Gasteiger partial charge in [0.15, 0.2) is 0 Å². The fourth-order valence-electron chi connectivity index (χ4n) is 2.30. The Kier molecular flexibility index (Phi) is 4.90. The molecule has 26 heavy (non-hydrogen) atoms. The first-order chi connectivity index (χ1) is 12.1. The van der Waals surface area contributed by atoms with Crippen molar-refractivity contribution in [3.63, 3.8) is 0 Å². The molecule has 0 aliphatic rings. The zero-order valence-corrected chi connectivity index (χ0v) is 15.6. The Bertz CT molecular complexity index is 950. The van der Waals surface area contributed by atoms with Crippen LogP contribution >= 0.6 is 18.5 Å². The molecule has 0 saturated carbocycles. The van der Waals surface area contributed by atoms with Gasteiger partial charge in [-0.1, -0.05) is 0 Å². The van der Waals surface area contributed by atoms with Crippen molar-refractivity contribution in [2.24, 2.45) is 0 Å². The smallest absolute Gasteiger partial charge is 0.324 e. The molecule has 9 heteroatoms. The van der Waals surface area contributed by atoms with Crippen molar-refractivity contribution < 1.29 is 17.7 Å². The lowest BCUT2D eigenvalue weighted by molar-refractivity contribution is -0.137. The van der Waals surface area contributed by atoms with Crippen molar-refractivity contribution in [1.82, 2.24) is 9.97 Å². The van der Waals surface area contributed by atoms with E-state index in [1.165, 1.54) is 11.3 Å². The minimum Gasteiger partial charge on any atom is -0.324 e. The molecule has 2 heterocycles. The quantitative estimate of drug-likeness (QED) is 0.614. The predicted molar refractivity (Wildman–Crippen MR) is 99.2 cm³/mol. The molecule has 3 rings (SSSR count).